The molecule has 4 rings (SSSR count). The number of rotatable bonds is 5. The molecule has 0 aliphatic carbocycles. The number of benzene rings is 1. The number of hydrogen-bond acceptors (Lipinski definition) is 5. The molecule has 0 atom stereocenters. The molecular formula is C20H21N5O3. The zero-order valence-corrected chi connectivity index (χ0v) is 15.4. The van der Waals surface area contributed by atoms with Crippen LogP contribution in [0.2, 0.25) is 0 Å². The summed E-state index contributed by atoms with van der Waals surface area (Å²) in [6.45, 7) is 2.69. The van der Waals surface area contributed by atoms with Crippen LogP contribution in [0.4, 0.5) is 0 Å². The number of amides is 2. The molecule has 8 heteroatoms. The average molecular weight is 379 g/mol. The number of morpholine rings is 1. The lowest BCUT2D eigenvalue weighted by Crippen LogP contribution is -2.42. The van der Waals surface area contributed by atoms with Gasteiger partial charge in [0.25, 0.3) is 5.91 Å². The minimum absolute atomic E-state index is 0.0174. The van der Waals surface area contributed by atoms with Crippen molar-refractivity contribution in [2.24, 2.45) is 0 Å². The van der Waals surface area contributed by atoms with E-state index >= 15 is 0 Å². The van der Waals surface area contributed by atoms with E-state index in [1.165, 1.54) is 0 Å². The Balaban J connectivity index is 1.54. The monoisotopic (exact) mass is 379 g/mol. The van der Waals surface area contributed by atoms with E-state index in [0.717, 1.165) is 11.0 Å². The van der Waals surface area contributed by atoms with Crippen LogP contribution in [0.3, 0.4) is 0 Å². The Hall–Kier alpha value is -3.26. The maximum atomic E-state index is 12.7. The van der Waals surface area contributed by atoms with Gasteiger partial charge in [-0.3, -0.25) is 14.6 Å². The summed E-state index contributed by atoms with van der Waals surface area (Å²) >= 11 is 0. The molecule has 1 aliphatic rings. The third kappa shape index (κ3) is 3.86. The third-order valence-electron chi connectivity index (χ3n) is 4.70. The predicted octanol–water partition coefficient (Wildman–Crippen LogP) is 1.22. The largest absolute Gasteiger partial charge is 0.378 e. The smallest absolute Gasteiger partial charge is 0.270 e. The van der Waals surface area contributed by atoms with Gasteiger partial charge in [-0.2, -0.15) is 0 Å². The Bertz CT molecular complexity index is 980. The van der Waals surface area contributed by atoms with E-state index in [-0.39, 0.29) is 24.9 Å². The second-order valence-corrected chi connectivity index (χ2v) is 6.49. The SMILES string of the molecule is O=C(NCc1nc2ccccc2n1CC(=O)N1CCOCC1)c1ccccn1. The molecule has 144 valence electrons. The number of hydrogen-bond donors (Lipinski definition) is 1. The Morgan fingerprint density at radius 2 is 1.86 bits per heavy atom. The molecule has 0 unspecified atom stereocenters. The van der Waals surface area contributed by atoms with Crippen molar-refractivity contribution in [3.05, 3.63) is 60.2 Å². The average Bonchev–Trinajstić information content (AvgIpc) is 3.10. The lowest BCUT2D eigenvalue weighted by Gasteiger charge is -2.27. The van der Waals surface area contributed by atoms with Crippen molar-refractivity contribution in [1.29, 1.82) is 0 Å². The molecule has 8 nitrogen and oxygen atoms in total. The minimum atomic E-state index is -0.279. The second-order valence-electron chi connectivity index (χ2n) is 6.49. The van der Waals surface area contributed by atoms with Gasteiger partial charge >= 0.3 is 0 Å². The molecule has 1 aliphatic heterocycles. The highest BCUT2D eigenvalue weighted by atomic mass is 16.5. The number of carbonyl (C=O) groups excluding carboxylic acids is 2. The van der Waals surface area contributed by atoms with Gasteiger partial charge in [-0.15, -0.1) is 0 Å². The molecule has 28 heavy (non-hydrogen) atoms. The molecule has 3 aromatic rings. The number of para-hydroxylation sites is 2. The number of ether oxygens (including phenoxy) is 1. The summed E-state index contributed by atoms with van der Waals surface area (Å²) in [5.41, 5.74) is 2.00. The Morgan fingerprint density at radius 1 is 1.07 bits per heavy atom. The molecule has 2 aromatic heterocycles. The number of nitrogens with one attached hydrogen (secondary N) is 1. The van der Waals surface area contributed by atoms with Crippen LogP contribution in [0.1, 0.15) is 16.3 Å². The molecule has 2 amide bonds. The summed E-state index contributed by atoms with van der Waals surface area (Å²) in [5.74, 6) is 0.370. The van der Waals surface area contributed by atoms with Gasteiger partial charge in [0.2, 0.25) is 5.91 Å². The quantitative estimate of drug-likeness (QED) is 0.720. The van der Waals surface area contributed by atoms with E-state index in [1.807, 2.05) is 28.8 Å². The van der Waals surface area contributed by atoms with Crippen LogP contribution in [0.25, 0.3) is 11.0 Å². The number of aromatic nitrogens is 3. The molecule has 1 aromatic carbocycles. The van der Waals surface area contributed by atoms with Crippen LogP contribution in [0.5, 0.6) is 0 Å². The maximum Gasteiger partial charge on any atom is 0.270 e. The summed E-state index contributed by atoms with van der Waals surface area (Å²) in [4.78, 5) is 35.5. The van der Waals surface area contributed by atoms with Gasteiger partial charge in [0.1, 0.15) is 18.1 Å². The van der Waals surface area contributed by atoms with E-state index in [4.69, 9.17) is 4.74 Å². The molecule has 0 bridgehead atoms. The third-order valence-corrected chi connectivity index (χ3v) is 4.70. The highest BCUT2D eigenvalue weighted by molar-refractivity contribution is 5.92. The number of imidazole rings is 1. The summed E-state index contributed by atoms with van der Waals surface area (Å²) in [6, 6.07) is 12.8. The second kappa shape index (κ2) is 8.18. The van der Waals surface area contributed by atoms with E-state index in [2.05, 4.69) is 15.3 Å². The van der Waals surface area contributed by atoms with Gasteiger partial charge in [-0.25, -0.2) is 4.98 Å². The lowest BCUT2D eigenvalue weighted by atomic mass is 10.3. The van der Waals surface area contributed by atoms with Crippen molar-refractivity contribution in [3.8, 4) is 0 Å². The first kappa shape index (κ1) is 18.1. The zero-order valence-electron chi connectivity index (χ0n) is 15.4. The van der Waals surface area contributed by atoms with Crippen molar-refractivity contribution in [3.63, 3.8) is 0 Å². The van der Waals surface area contributed by atoms with Crippen LogP contribution in [-0.4, -0.2) is 57.6 Å². The van der Waals surface area contributed by atoms with Gasteiger partial charge in [-0.05, 0) is 24.3 Å². The first-order valence-corrected chi connectivity index (χ1v) is 9.21. The van der Waals surface area contributed by atoms with Gasteiger partial charge in [0, 0.05) is 19.3 Å². The molecular weight excluding hydrogens is 358 g/mol. The fraction of sp³-hybridized carbons (Fsp3) is 0.300. The lowest BCUT2D eigenvalue weighted by molar-refractivity contribution is -0.135. The zero-order chi connectivity index (χ0) is 19.3. The van der Waals surface area contributed by atoms with Crippen molar-refractivity contribution in [1.82, 2.24) is 24.8 Å². The number of nitrogens with zero attached hydrogens (tertiary/aromatic N) is 4. The van der Waals surface area contributed by atoms with Gasteiger partial charge in [0.05, 0.1) is 30.8 Å². The first-order chi connectivity index (χ1) is 13.7. The van der Waals surface area contributed by atoms with E-state index in [1.54, 1.807) is 29.3 Å². The normalized spacial score (nSPS) is 14.2. The molecule has 1 saturated heterocycles. The van der Waals surface area contributed by atoms with Crippen molar-refractivity contribution in [2.75, 3.05) is 26.3 Å². The predicted molar refractivity (Wildman–Crippen MR) is 103 cm³/mol. The van der Waals surface area contributed by atoms with Crippen LogP contribution in [-0.2, 0) is 22.6 Å². The number of carbonyl (C=O) groups is 2. The summed E-state index contributed by atoms with van der Waals surface area (Å²) < 4.78 is 7.19. The van der Waals surface area contributed by atoms with Crippen LogP contribution in [0, 0.1) is 0 Å². The van der Waals surface area contributed by atoms with E-state index < -0.39 is 0 Å². The van der Waals surface area contributed by atoms with Crippen LogP contribution >= 0.6 is 0 Å². The molecule has 0 spiro atoms. The van der Waals surface area contributed by atoms with Crippen LogP contribution < -0.4 is 5.32 Å². The van der Waals surface area contributed by atoms with E-state index in [9.17, 15) is 9.59 Å². The van der Waals surface area contributed by atoms with Crippen molar-refractivity contribution < 1.29 is 14.3 Å². The molecule has 1 fully saturated rings. The molecule has 0 saturated carbocycles. The van der Waals surface area contributed by atoms with Gasteiger partial charge in [0.15, 0.2) is 0 Å². The maximum absolute atomic E-state index is 12.7. The van der Waals surface area contributed by atoms with Crippen molar-refractivity contribution >= 4 is 22.8 Å². The number of fused-ring (bicyclic) bond motifs is 1. The summed E-state index contributed by atoms with van der Waals surface area (Å²) in [6.07, 6.45) is 1.57. The highest BCUT2D eigenvalue weighted by Gasteiger charge is 2.20. The van der Waals surface area contributed by atoms with Gasteiger partial charge in [-0.1, -0.05) is 18.2 Å². The Kier molecular flexibility index (Phi) is 5.29. The molecule has 0 radical (unpaired) electrons. The Morgan fingerprint density at radius 3 is 2.64 bits per heavy atom. The fourth-order valence-electron chi connectivity index (χ4n) is 3.23. The summed E-state index contributed by atoms with van der Waals surface area (Å²) in [5, 5.41) is 2.84. The molecule has 3 heterocycles. The Labute approximate surface area is 162 Å². The van der Waals surface area contributed by atoms with Gasteiger partial charge < -0.3 is 19.5 Å². The standard InChI is InChI=1S/C20H21N5O3/c26-19(24-9-11-28-12-10-24)14-25-17-7-2-1-5-15(17)23-18(25)13-22-20(27)16-6-3-4-8-21-16/h1-8H,9-14H2,(H,22,27). The number of pyridine rings is 1. The minimum Gasteiger partial charge on any atom is -0.378 e. The first-order valence-electron chi connectivity index (χ1n) is 9.21. The fourth-order valence-corrected chi connectivity index (χ4v) is 3.23. The topological polar surface area (TPSA) is 89.4 Å². The van der Waals surface area contributed by atoms with Crippen LogP contribution in [0.15, 0.2) is 48.7 Å². The summed E-state index contributed by atoms with van der Waals surface area (Å²) in [7, 11) is 0. The van der Waals surface area contributed by atoms with Crippen molar-refractivity contribution in [2.45, 2.75) is 13.1 Å². The van der Waals surface area contributed by atoms with E-state index in [0.29, 0.717) is 37.8 Å². The highest BCUT2D eigenvalue weighted by Crippen LogP contribution is 2.17. The molecule has 1 N–H and O–H groups in total.